The Kier molecular flexibility index (Phi) is 4.24. The number of nitrogens with one attached hydrogen (secondary N) is 1. The predicted molar refractivity (Wildman–Crippen MR) is 77.4 cm³/mol. The van der Waals surface area contributed by atoms with Gasteiger partial charge in [0, 0.05) is 5.57 Å². The van der Waals surface area contributed by atoms with E-state index in [4.69, 9.17) is 0 Å². The minimum atomic E-state index is -0.0733. The van der Waals surface area contributed by atoms with Gasteiger partial charge < -0.3 is 10.4 Å². The molecule has 5 heteroatoms. The zero-order chi connectivity index (χ0) is 13.1. The summed E-state index contributed by atoms with van der Waals surface area (Å²) in [7, 11) is 0. The van der Waals surface area contributed by atoms with Crippen LogP contribution in [0.3, 0.4) is 0 Å². The van der Waals surface area contributed by atoms with Crippen LogP contribution in [-0.2, 0) is 4.79 Å². The molecule has 0 saturated heterocycles. The van der Waals surface area contributed by atoms with E-state index in [2.05, 4.69) is 12.2 Å². The second kappa shape index (κ2) is 5.71. The van der Waals surface area contributed by atoms with Gasteiger partial charge in [-0.05, 0) is 30.4 Å². The van der Waals surface area contributed by atoms with Crippen LogP contribution in [0.5, 0.6) is 5.75 Å². The first kappa shape index (κ1) is 13.4. The Balaban J connectivity index is 2.23. The van der Waals surface area contributed by atoms with Crippen molar-refractivity contribution in [2.45, 2.75) is 19.2 Å². The topological polar surface area (TPSA) is 49.3 Å². The molecule has 1 aromatic rings. The highest BCUT2D eigenvalue weighted by Crippen LogP contribution is 2.43. The smallest absolute Gasteiger partial charge is 0.249 e. The molecule has 0 bridgehead atoms. The predicted octanol–water partition coefficient (Wildman–Crippen LogP) is 3.24. The third kappa shape index (κ3) is 2.84. The molecule has 0 aromatic heterocycles. The monoisotopic (exact) mass is 281 g/mol. The van der Waals surface area contributed by atoms with E-state index in [1.807, 2.05) is 19.1 Å². The van der Waals surface area contributed by atoms with Crippen LogP contribution in [0.4, 0.5) is 0 Å². The standard InChI is InChI=1S/C13H15NO2S2/c1-3-17-13-8(2)11(16)14-12(18-13)9-4-6-10(15)7-5-9/h4-7,12,15H,3H2,1-2H3,(H,14,16). The van der Waals surface area contributed by atoms with E-state index in [0.717, 1.165) is 21.1 Å². The third-order valence-electron chi connectivity index (χ3n) is 2.61. The van der Waals surface area contributed by atoms with Gasteiger partial charge in [0.25, 0.3) is 0 Å². The summed E-state index contributed by atoms with van der Waals surface area (Å²) in [5, 5.41) is 12.2. The molecular weight excluding hydrogens is 266 g/mol. The molecule has 1 amide bonds. The van der Waals surface area contributed by atoms with Crippen molar-refractivity contribution in [3.63, 3.8) is 0 Å². The molecule has 0 aliphatic carbocycles. The van der Waals surface area contributed by atoms with E-state index < -0.39 is 0 Å². The van der Waals surface area contributed by atoms with Gasteiger partial charge in [0.05, 0.1) is 4.24 Å². The van der Waals surface area contributed by atoms with Crippen molar-refractivity contribution in [2.75, 3.05) is 5.75 Å². The summed E-state index contributed by atoms with van der Waals surface area (Å²) in [6.07, 6.45) is 0. The quantitative estimate of drug-likeness (QED) is 0.893. The highest BCUT2D eigenvalue weighted by molar-refractivity contribution is 8.22. The van der Waals surface area contributed by atoms with Crippen molar-refractivity contribution in [2.24, 2.45) is 0 Å². The van der Waals surface area contributed by atoms with E-state index in [0.29, 0.717) is 0 Å². The fraction of sp³-hybridized carbons (Fsp3) is 0.308. The number of hydrogen-bond acceptors (Lipinski definition) is 4. The van der Waals surface area contributed by atoms with Crippen LogP contribution in [-0.4, -0.2) is 16.8 Å². The SMILES string of the molecule is CCSC1=C(C)C(=O)NC(c2ccc(O)cc2)S1. The average Bonchev–Trinajstić information content (AvgIpc) is 2.36. The van der Waals surface area contributed by atoms with Crippen molar-refractivity contribution in [1.29, 1.82) is 0 Å². The molecular formula is C13H15NO2S2. The van der Waals surface area contributed by atoms with Crippen LogP contribution in [0.15, 0.2) is 34.1 Å². The molecule has 2 rings (SSSR count). The van der Waals surface area contributed by atoms with E-state index in [9.17, 15) is 9.90 Å². The van der Waals surface area contributed by atoms with Gasteiger partial charge in [0.1, 0.15) is 11.1 Å². The summed E-state index contributed by atoms with van der Waals surface area (Å²) in [4.78, 5) is 11.9. The maximum Gasteiger partial charge on any atom is 0.249 e. The summed E-state index contributed by atoms with van der Waals surface area (Å²) in [6, 6.07) is 6.95. The van der Waals surface area contributed by atoms with E-state index in [1.54, 1.807) is 35.7 Å². The van der Waals surface area contributed by atoms with E-state index in [-0.39, 0.29) is 17.0 Å². The number of carbonyl (C=O) groups excluding carboxylic acids is 1. The van der Waals surface area contributed by atoms with Crippen molar-refractivity contribution in [1.82, 2.24) is 5.32 Å². The van der Waals surface area contributed by atoms with Crippen molar-refractivity contribution >= 4 is 29.4 Å². The number of benzene rings is 1. The summed E-state index contributed by atoms with van der Waals surface area (Å²) in [5.74, 6) is 1.18. The Morgan fingerprint density at radius 1 is 1.39 bits per heavy atom. The Hall–Kier alpha value is -1.07. The first-order chi connectivity index (χ1) is 8.61. The molecule has 0 spiro atoms. The lowest BCUT2D eigenvalue weighted by atomic mass is 10.2. The van der Waals surface area contributed by atoms with Crippen LogP contribution in [0.1, 0.15) is 24.8 Å². The van der Waals surface area contributed by atoms with Crippen LogP contribution in [0, 0.1) is 0 Å². The molecule has 1 atom stereocenters. The summed E-state index contributed by atoms with van der Waals surface area (Å²) >= 11 is 3.35. The molecule has 1 heterocycles. The number of phenolic OH excluding ortho intramolecular Hbond substituents is 1. The highest BCUT2D eigenvalue weighted by atomic mass is 32.2. The molecule has 2 N–H and O–H groups in total. The highest BCUT2D eigenvalue weighted by Gasteiger charge is 2.26. The van der Waals surface area contributed by atoms with Crippen LogP contribution < -0.4 is 5.32 Å². The van der Waals surface area contributed by atoms with E-state index >= 15 is 0 Å². The molecule has 18 heavy (non-hydrogen) atoms. The molecule has 0 saturated carbocycles. The maximum absolute atomic E-state index is 11.9. The van der Waals surface area contributed by atoms with E-state index in [1.165, 1.54) is 0 Å². The normalized spacial score (nSPS) is 19.9. The number of phenols is 1. The second-order valence-electron chi connectivity index (χ2n) is 3.91. The summed E-state index contributed by atoms with van der Waals surface area (Å²) in [6.45, 7) is 3.93. The molecule has 0 radical (unpaired) electrons. The van der Waals surface area contributed by atoms with Gasteiger partial charge in [-0.3, -0.25) is 4.79 Å². The molecule has 1 aliphatic rings. The molecule has 3 nitrogen and oxygen atoms in total. The van der Waals surface area contributed by atoms with Crippen molar-refractivity contribution in [3.05, 3.63) is 39.6 Å². The average molecular weight is 281 g/mol. The third-order valence-corrected chi connectivity index (χ3v) is 5.25. The fourth-order valence-electron chi connectivity index (χ4n) is 1.62. The first-order valence-electron chi connectivity index (χ1n) is 5.72. The molecule has 1 aliphatic heterocycles. The zero-order valence-electron chi connectivity index (χ0n) is 10.3. The number of rotatable bonds is 3. The van der Waals surface area contributed by atoms with Gasteiger partial charge in [0.15, 0.2) is 0 Å². The Labute approximate surface area is 115 Å². The number of hydrogen-bond donors (Lipinski definition) is 2. The maximum atomic E-state index is 11.9. The number of aromatic hydroxyl groups is 1. The van der Waals surface area contributed by atoms with Crippen LogP contribution in [0.25, 0.3) is 0 Å². The number of thioether (sulfide) groups is 2. The van der Waals surface area contributed by atoms with Crippen LogP contribution in [0.2, 0.25) is 0 Å². The first-order valence-corrected chi connectivity index (χ1v) is 7.58. The number of amides is 1. The Morgan fingerprint density at radius 2 is 2.06 bits per heavy atom. The number of carbonyl (C=O) groups is 1. The molecule has 0 fully saturated rings. The van der Waals surface area contributed by atoms with Gasteiger partial charge in [-0.25, -0.2) is 0 Å². The van der Waals surface area contributed by atoms with Gasteiger partial charge >= 0.3 is 0 Å². The molecule has 1 aromatic carbocycles. The summed E-state index contributed by atoms with van der Waals surface area (Å²) < 4.78 is 1.08. The Morgan fingerprint density at radius 3 is 2.67 bits per heavy atom. The second-order valence-corrected chi connectivity index (χ2v) is 6.56. The lowest BCUT2D eigenvalue weighted by Gasteiger charge is -2.26. The summed E-state index contributed by atoms with van der Waals surface area (Å²) in [5.41, 5.74) is 1.79. The largest absolute Gasteiger partial charge is 0.508 e. The lowest BCUT2D eigenvalue weighted by molar-refractivity contribution is -0.117. The van der Waals surface area contributed by atoms with Gasteiger partial charge in [-0.15, -0.1) is 11.8 Å². The minimum Gasteiger partial charge on any atom is -0.508 e. The van der Waals surface area contributed by atoms with Gasteiger partial charge in [-0.2, -0.15) is 0 Å². The molecule has 1 unspecified atom stereocenters. The molecule has 96 valence electrons. The minimum absolute atomic E-state index is 0.0113. The zero-order valence-corrected chi connectivity index (χ0v) is 11.9. The van der Waals surface area contributed by atoms with Crippen molar-refractivity contribution < 1.29 is 9.90 Å². The van der Waals surface area contributed by atoms with Gasteiger partial charge in [-0.1, -0.05) is 30.8 Å². The fourth-order valence-corrected chi connectivity index (χ4v) is 4.05. The van der Waals surface area contributed by atoms with Crippen molar-refractivity contribution in [3.8, 4) is 5.75 Å². The lowest BCUT2D eigenvalue weighted by Crippen LogP contribution is -2.31. The van der Waals surface area contributed by atoms with Crippen LogP contribution >= 0.6 is 23.5 Å². The van der Waals surface area contributed by atoms with Gasteiger partial charge in [0.2, 0.25) is 5.91 Å². The Bertz CT molecular complexity index is 482.